The molecule has 36 heavy (non-hydrogen) atoms. The van der Waals surface area contributed by atoms with Gasteiger partial charge in [0.15, 0.2) is 5.65 Å². The van der Waals surface area contributed by atoms with Gasteiger partial charge in [-0.2, -0.15) is 0 Å². The molecule has 1 atom stereocenters. The first-order valence-electron chi connectivity index (χ1n) is 12.0. The highest BCUT2D eigenvalue weighted by molar-refractivity contribution is 6.30. The lowest BCUT2D eigenvalue weighted by Gasteiger charge is -2.41. The fourth-order valence-corrected chi connectivity index (χ4v) is 4.63. The standard InChI is InChI=1S/C25H32ClN7O3/c1-7-31(17(3)34)19-14-33(20-12-18(26)8-9-27-20)23-21(19)22(28-15-29-23)32-11-10-30(13-16(32)2)24(35)36-25(4,5)6/h8-9,12,14-16H,7,10-11,13H2,1-6H3. The van der Waals surface area contributed by atoms with Crippen LogP contribution in [0, 0.1) is 0 Å². The van der Waals surface area contributed by atoms with Gasteiger partial charge in [-0.1, -0.05) is 11.6 Å². The van der Waals surface area contributed by atoms with E-state index in [2.05, 4.69) is 19.9 Å². The van der Waals surface area contributed by atoms with Crippen molar-refractivity contribution in [2.75, 3.05) is 36.0 Å². The minimum absolute atomic E-state index is 0.0442. The first kappa shape index (κ1) is 25.7. The zero-order valence-electron chi connectivity index (χ0n) is 21.5. The number of ether oxygens (including phenoxy) is 1. The van der Waals surface area contributed by atoms with Crippen molar-refractivity contribution >= 4 is 46.1 Å². The number of pyridine rings is 1. The summed E-state index contributed by atoms with van der Waals surface area (Å²) in [6.07, 6.45) is 4.67. The first-order valence-corrected chi connectivity index (χ1v) is 12.4. The quantitative estimate of drug-likeness (QED) is 0.513. The van der Waals surface area contributed by atoms with Gasteiger partial charge >= 0.3 is 6.09 Å². The van der Waals surface area contributed by atoms with Crippen molar-refractivity contribution in [3.05, 3.63) is 35.9 Å². The number of amides is 2. The molecule has 3 aromatic rings. The molecule has 0 saturated carbocycles. The Bertz CT molecular complexity index is 1290. The molecule has 4 rings (SSSR count). The van der Waals surface area contributed by atoms with Gasteiger partial charge in [0, 0.05) is 62.6 Å². The maximum Gasteiger partial charge on any atom is 0.410 e. The van der Waals surface area contributed by atoms with Crippen LogP contribution in [-0.4, -0.2) is 74.2 Å². The highest BCUT2D eigenvalue weighted by Crippen LogP contribution is 2.37. The van der Waals surface area contributed by atoms with Crippen LogP contribution in [0.5, 0.6) is 0 Å². The minimum atomic E-state index is -0.557. The van der Waals surface area contributed by atoms with Crippen LogP contribution < -0.4 is 9.80 Å². The van der Waals surface area contributed by atoms with Crippen molar-refractivity contribution in [1.29, 1.82) is 0 Å². The van der Waals surface area contributed by atoms with Crippen LogP contribution in [0.25, 0.3) is 16.9 Å². The molecule has 3 aromatic heterocycles. The van der Waals surface area contributed by atoms with E-state index in [9.17, 15) is 9.59 Å². The van der Waals surface area contributed by atoms with Crippen molar-refractivity contribution in [2.45, 2.75) is 53.2 Å². The highest BCUT2D eigenvalue weighted by atomic mass is 35.5. The van der Waals surface area contributed by atoms with Crippen molar-refractivity contribution in [1.82, 2.24) is 24.4 Å². The summed E-state index contributed by atoms with van der Waals surface area (Å²) in [6.45, 7) is 13.1. The molecule has 192 valence electrons. The average molecular weight is 514 g/mol. The van der Waals surface area contributed by atoms with Gasteiger partial charge in [0.25, 0.3) is 0 Å². The van der Waals surface area contributed by atoms with Crippen molar-refractivity contribution in [2.24, 2.45) is 0 Å². The topological polar surface area (TPSA) is 96.7 Å². The number of rotatable bonds is 4. The number of hydrogen-bond acceptors (Lipinski definition) is 7. The van der Waals surface area contributed by atoms with E-state index in [0.29, 0.717) is 54.2 Å². The van der Waals surface area contributed by atoms with Crippen LogP contribution in [-0.2, 0) is 9.53 Å². The van der Waals surface area contributed by atoms with Gasteiger partial charge in [0.05, 0.1) is 11.1 Å². The Morgan fingerprint density at radius 2 is 1.97 bits per heavy atom. The van der Waals surface area contributed by atoms with Gasteiger partial charge in [-0.25, -0.2) is 19.7 Å². The third-order valence-corrected chi connectivity index (χ3v) is 6.27. The number of halogens is 1. The van der Waals surface area contributed by atoms with Gasteiger partial charge in [-0.3, -0.25) is 9.36 Å². The normalized spacial score (nSPS) is 16.4. The number of carbonyl (C=O) groups excluding carboxylic acids is 2. The molecule has 0 bridgehead atoms. The summed E-state index contributed by atoms with van der Waals surface area (Å²) < 4.78 is 7.40. The first-order chi connectivity index (χ1) is 17.0. The molecule has 0 aromatic carbocycles. The van der Waals surface area contributed by atoms with E-state index in [1.807, 2.05) is 45.4 Å². The van der Waals surface area contributed by atoms with Crippen LogP contribution in [0.2, 0.25) is 5.02 Å². The zero-order chi connectivity index (χ0) is 26.2. The molecule has 1 fully saturated rings. The monoisotopic (exact) mass is 513 g/mol. The Hall–Kier alpha value is -3.40. The second-order valence-electron chi connectivity index (χ2n) is 9.84. The van der Waals surface area contributed by atoms with Gasteiger partial charge < -0.3 is 19.4 Å². The van der Waals surface area contributed by atoms with E-state index in [1.54, 1.807) is 28.1 Å². The molecule has 0 radical (unpaired) electrons. The summed E-state index contributed by atoms with van der Waals surface area (Å²) in [6, 6.07) is 3.41. The highest BCUT2D eigenvalue weighted by Gasteiger charge is 2.33. The minimum Gasteiger partial charge on any atom is -0.444 e. The maximum atomic E-state index is 12.7. The lowest BCUT2D eigenvalue weighted by Crippen LogP contribution is -2.54. The summed E-state index contributed by atoms with van der Waals surface area (Å²) in [4.78, 5) is 44.5. The predicted molar refractivity (Wildman–Crippen MR) is 140 cm³/mol. The Morgan fingerprint density at radius 3 is 2.58 bits per heavy atom. The third-order valence-electron chi connectivity index (χ3n) is 6.04. The molecule has 0 aliphatic carbocycles. The summed E-state index contributed by atoms with van der Waals surface area (Å²) in [7, 11) is 0. The number of anilines is 2. The van der Waals surface area contributed by atoms with Crippen molar-refractivity contribution in [3.63, 3.8) is 0 Å². The SMILES string of the molecule is CCN(C(C)=O)c1cn(-c2cc(Cl)ccn2)c2ncnc(N3CCN(C(=O)OC(C)(C)C)CC3C)c12. The Balaban J connectivity index is 1.78. The number of fused-ring (bicyclic) bond motifs is 1. The molecule has 1 aliphatic rings. The van der Waals surface area contributed by atoms with Gasteiger partial charge in [-0.15, -0.1) is 0 Å². The van der Waals surface area contributed by atoms with E-state index < -0.39 is 5.60 Å². The van der Waals surface area contributed by atoms with E-state index in [0.717, 1.165) is 5.39 Å². The van der Waals surface area contributed by atoms with Gasteiger partial charge in [-0.05, 0) is 40.7 Å². The molecule has 10 nitrogen and oxygen atoms in total. The van der Waals surface area contributed by atoms with Crippen molar-refractivity contribution in [3.8, 4) is 5.82 Å². The summed E-state index contributed by atoms with van der Waals surface area (Å²) >= 11 is 6.24. The molecule has 0 N–H and O–H groups in total. The Labute approximate surface area is 215 Å². The summed E-state index contributed by atoms with van der Waals surface area (Å²) in [5, 5.41) is 1.29. The molecule has 1 aliphatic heterocycles. The maximum absolute atomic E-state index is 12.7. The molecular weight excluding hydrogens is 482 g/mol. The summed E-state index contributed by atoms with van der Waals surface area (Å²) in [5.41, 5.74) is 0.754. The predicted octanol–water partition coefficient (Wildman–Crippen LogP) is 4.29. The molecule has 11 heteroatoms. The Morgan fingerprint density at radius 1 is 1.22 bits per heavy atom. The molecule has 1 unspecified atom stereocenters. The Kier molecular flexibility index (Phi) is 7.08. The van der Waals surface area contributed by atoms with Crippen LogP contribution in [0.3, 0.4) is 0 Å². The lowest BCUT2D eigenvalue weighted by atomic mass is 10.1. The molecule has 2 amide bonds. The second kappa shape index (κ2) is 9.93. The zero-order valence-corrected chi connectivity index (χ0v) is 22.3. The van der Waals surface area contributed by atoms with Crippen molar-refractivity contribution < 1.29 is 14.3 Å². The lowest BCUT2D eigenvalue weighted by molar-refractivity contribution is -0.116. The van der Waals surface area contributed by atoms with Gasteiger partial charge in [0.1, 0.15) is 23.6 Å². The van der Waals surface area contributed by atoms with Crippen LogP contribution in [0.1, 0.15) is 41.5 Å². The van der Waals surface area contributed by atoms with Gasteiger partial charge in [0.2, 0.25) is 5.91 Å². The third kappa shape index (κ3) is 5.09. The number of aromatic nitrogens is 4. The fourth-order valence-electron chi connectivity index (χ4n) is 4.48. The molecular formula is C25H32ClN7O3. The van der Waals surface area contributed by atoms with E-state index in [-0.39, 0.29) is 18.0 Å². The second-order valence-corrected chi connectivity index (χ2v) is 10.3. The fraction of sp³-hybridized carbons (Fsp3) is 0.480. The number of carbonyl (C=O) groups is 2. The average Bonchev–Trinajstić information content (AvgIpc) is 3.18. The molecule has 4 heterocycles. The molecule has 0 spiro atoms. The van der Waals surface area contributed by atoms with Crippen LogP contribution in [0.15, 0.2) is 30.9 Å². The van der Waals surface area contributed by atoms with Crippen LogP contribution >= 0.6 is 11.6 Å². The summed E-state index contributed by atoms with van der Waals surface area (Å²) in [5.74, 6) is 1.20. The number of piperazine rings is 1. The largest absolute Gasteiger partial charge is 0.444 e. The van der Waals surface area contributed by atoms with E-state index in [4.69, 9.17) is 16.3 Å². The van der Waals surface area contributed by atoms with E-state index in [1.165, 1.54) is 13.3 Å². The number of nitrogens with zero attached hydrogens (tertiary/aromatic N) is 7. The molecule has 1 saturated heterocycles. The van der Waals surface area contributed by atoms with E-state index >= 15 is 0 Å². The number of hydrogen-bond donors (Lipinski definition) is 0. The van der Waals surface area contributed by atoms with Crippen LogP contribution in [0.4, 0.5) is 16.3 Å². The smallest absolute Gasteiger partial charge is 0.410 e.